The lowest BCUT2D eigenvalue weighted by atomic mass is 10.1. The summed E-state index contributed by atoms with van der Waals surface area (Å²) in [6.45, 7) is 0.0142. The van der Waals surface area contributed by atoms with Gasteiger partial charge in [-0.3, -0.25) is 14.5 Å². The van der Waals surface area contributed by atoms with Gasteiger partial charge in [0.1, 0.15) is 11.6 Å². The average Bonchev–Trinajstić information content (AvgIpc) is 2.77. The SMILES string of the molecule is COc1ccc(NCN2C(=O)c3ccc(F)cc3C2=O)cc1. The summed E-state index contributed by atoms with van der Waals surface area (Å²) in [6.07, 6.45) is 0. The third-order valence-electron chi connectivity index (χ3n) is 3.46. The molecular formula is C16H13FN2O3. The van der Waals surface area contributed by atoms with E-state index in [9.17, 15) is 14.0 Å². The maximum atomic E-state index is 13.2. The van der Waals surface area contributed by atoms with Crippen LogP contribution in [0.2, 0.25) is 0 Å². The molecule has 0 unspecified atom stereocenters. The van der Waals surface area contributed by atoms with Gasteiger partial charge >= 0.3 is 0 Å². The number of halogens is 1. The molecule has 1 N–H and O–H groups in total. The molecule has 0 radical (unpaired) electrons. The molecular weight excluding hydrogens is 287 g/mol. The van der Waals surface area contributed by atoms with E-state index in [4.69, 9.17) is 4.74 Å². The van der Waals surface area contributed by atoms with Crippen molar-refractivity contribution in [2.45, 2.75) is 0 Å². The number of hydrogen-bond donors (Lipinski definition) is 1. The number of imide groups is 1. The van der Waals surface area contributed by atoms with Crippen LogP contribution in [-0.4, -0.2) is 30.5 Å². The van der Waals surface area contributed by atoms with Gasteiger partial charge in [0, 0.05) is 5.69 Å². The molecule has 3 rings (SSSR count). The lowest BCUT2D eigenvalue weighted by Gasteiger charge is -2.15. The highest BCUT2D eigenvalue weighted by Crippen LogP contribution is 2.24. The van der Waals surface area contributed by atoms with Crippen molar-refractivity contribution in [3.8, 4) is 5.75 Å². The third kappa shape index (κ3) is 2.39. The highest BCUT2D eigenvalue weighted by atomic mass is 19.1. The molecule has 2 aromatic rings. The molecule has 1 aliphatic rings. The number of methoxy groups -OCH3 is 1. The summed E-state index contributed by atoms with van der Waals surface area (Å²) in [5.74, 6) is -0.756. The van der Waals surface area contributed by atoms with Crippen LogP contribution in [0.5, 0.6) is 5.75 Å². The Bertz CT molecular complexity index is 744. The Labute approximate surface area is 126 Å². The molecule has 1 heterocycles. The van der Waals surface area contributed by atoms with E-state index in [1.54, 1.807) is 31.4 Å². The van der Waals surface area contributed by atoms with Crippen LogP contribution < -0.4 is 10.1 Å². The fourth-order valence-corrected chi connectivity index (χ4v) is 2.29. The fraction of sp³-hybridized carbons (Fsp3) is 0.125. The molecule has 0 spiro atoms. The van der Waals surface area contributed by atoms with E-state index in [-0.39, 0.29) is 17.8 Å². The third-order valence-corrected chi connectivity index (χ3v) is 3.46. The van der Waals surface area contributed by atoms with E-state index >= 15 is 0 Å². The molecule has 112 valence electrons. The summed E-state index contributed by atoms with van der Waals surface area (Å²) >= 11 is 0. The van der Waals surface area contributed by atoms with Crippen molar-refractivity contribution in [1.82, 2.24) is 4.90 Å². The summed E-state index contributed by atoms with van der Waals surface area (Å²) in [5.41, 5.74) is 1.06. The zero-order valence-corrected chi connectivity index (χ0v) is 11.8. The fourth-order valence-electron chi connectivity index (χ4n) is 2.29. The number of fused-ring (bicyclic) bond motifs is 1. The van der Waals surface area contributed by atoms with Crippen LogP contribution in [-0.2, 0) is 0 Å². The summed E-state index contributed by atoms with van der Waals surface area (Å²) < 4.78 is 18.3. The van der Waals surface area contributed by atoms with Crippen molar-refractivity contribution in [2.24, 2.45) is 0 Å². The number of carbonyl (C=O) groups is 2. The predicted molar refractivity (Wildman–Crippen MR) is 78.4 cm³/mol. The molecule has 22 heavy (non-hydrogen) atoms. The second kappa shape index (κ2) is 5.48. The molecule has 0 bridgehead atoms. The van der Waals surface area contributed by atoms with Crippen LogP contribution in [0.4, 0.5) is 10.1 Å². The first-order chi connectivity index (χ1) is 10.6. The van der Waals surface area contributed by atoms with E-state index in [1.165, 1.54) is 12.1 Å². The minimum Gasteiger partial charge on any atom is -0.497 e. The van der Waals surface area contributed by atoms with Gasteiger partial charge in [0.15, 0.2) is 0 Å². The Hall–Kier alpha value is -2.89. The number of carbonyl (C=O) groups excluding carboxylic acids is 2. The lowest BCUT2D eigenvalue weighted by molar-refractivity contribution is 0.0665. The molecule has 0 aliphatic carbocycles. The maximum absolute atomic E-state index is 13.2. The topological polar surface area (TPSA) is 58.6 Å². The smallest absolute Gasteiger partial charge is 0.263 e. The van der Waals surface area contributed by atoms with Crippen LogP contribution in [0.15, 0.2) is 42.5 Å². The Morgan fingerprint density at radius 3 is 2.41 bits per heavy atom. The molecule has 1 aliphatic heterocycles. The Balaban J connectivity index is 1.74. The first-order valence-electron chi connectivity index (χ1n) is 6.64. The van der Waals surface area contributed by atoms with Gasteiger partial charge in [-0.2, -0.15) is 0 Å². The number of rotatable bonds is 4. The first kappa shape index (κ1) is 14.1. The summed E-state index contributed by atoms with van der Waals surface area (Å²) in [5, 5.41) is 2.98. The molecule has 6 heteroatoms. The highest BCUT2D eigenvalue weighted by molar-refractivity contribution is 6.21. The molecule has 0 aromatic heterocycles. The van der Waals surface area contributed by atoms with Crippen molar-refractivity contribution >= 4 is 17.5 Å². The maximum Gasteiger partial charge on any atom is 0.263 e. The molecule has 0 saturated carbocycles. The number of amides is 2. The predicted octanol–water partition coefficient (Wildman–Crippen LogP) is 2.50. The Morgan fingerprint density at radius 1 is 1.05 bits per heavy atom. The van der Waals surface area contributed by atoms with Crippen molar-refractivity contribution in [1.29, 1.82) is 0 Å². The first-order valence-corrected chi connectivity index (χ1v) is 6.64. The van der Waals surface area contributed by atoms with Crippen molar-refractivity contribution in [2.75, 3.05) is 19.1 Å². The number of hydrogen-bond acceptors (Lipinski definition) is 4. The van der Waals surface area contributed by atoms with Crippen LogP contribution >= 0.6 is 0 Å². The zero-order valence-electron chi connectivity index (χ0n) is 11.8. The number of nitrogens with zero attached hydrogens (tertiary/aromatic N) is 1. The van der Waals surface area contributed by atoms with Crippen molar-refractivity contribution < 1.29 is 18.7 Å². The van der Waals surface area contributed by atoms with Gasteiger partial charge in [-0.1, -0.05) is 0 Å². The van der Waals surface area contributed by atoms with Gasteiger partial charge in [0.2, 0.25) is 0 Å². The van der Waals surface area contributed by atoms with Crippen molar-refractivity contribution in [3.05, 3.63) is 59.4 Å². The summed E-state index contributed by atoms with van der Waals surface area (Å²) in [6, 6.07) is 10.7. The molecule has 0 fully saturated rings. The lowest BCUT2D eigenvalue weighted by Crippen LogP contribution is -2.34. The normalized spacial score (nSPS) is 13.3. The van der Waals surface area contributed by atoms with E-state index in [0.717, 1.165) is 16.7 Å². The second-order valence-corrected chi connectivity index (χ2v) is 4.79. The largest absolute Gasteiger partial charge is 0.497 e. The van der Waals surface area contributed by atoms with Crippen molar-refractivity contribution in [3.63, 3.8) is 0 Å². The Kier molecular flexibility index (Phi) is 3.50. The van der Waals surface area contributed by atoms with Crippen LogP contribution in [0.25, 0.3) is 0 Å². The molecule has 2 aromatic carbocycles. The molecule has 0 atom stereocenters. The van der Waals surface area contributed by atoms with Crippen LogP contribution in [0.3, 0.4) is 0 Å². The Morgan fingerprint density at radius 2 is 1.73 bits per heavy atom. The molecule has 2 amide bonds. The van der Waals surface area contributed by atoms with Gasteiger partial charge in [-0.25, -0.2) is 4.39 Å². The zero-order chi connectivity index (χ0) is 15.7. The van der Waals surface area contributed by atoms with Crippen LogP contribution in [0, 0.1) is 5.82 Å². The summed E-state index contributed by atoms with van der Waals surface area (Å²) in [4.78, 5) is 25.4. The van der Waals surface area contributed by atoms with Crippen LogP contribution in [0.1, 0.15) is 20.7 Å². The molecule has 5 nitrogen and oxygen atoms in total. The standard InChI is InChI=1S/C16H13FN2O3/c1-22-12-5-3-11(4-6-12)18-9-19-15(20)13-7-2-10(17)8-14(13)16(19)21/h2-8,18H,9H2,1H3. The minimum atomic E-state index is -0.537. The van der Waals surface area contributed by atoms with Gasteiger partial charge in [-0.05, 0) is 42.5 Å². The second-order valence-electron chi connectivity index (χ2n) is 4.79. The highest BCUT2D eigenvalue weighted by Gasteiger charge is 2.35. The minimum absolute atomic E-state index is 0.0142. The van der Waals surface area contributed by atoms with E-state index in [0.29, 0.717) is 5.75 Å². The number of anilines is 1. The number of nitrogens with one attached hydrogen (secondary N) is 1. The molecule has 0 saturated heterocycles. The van der Waals surface area contributed by atoms with E-state index < -0.39 is 17.6 Å². The van der Waals surface area contributed by atoms with E-state index in [1.807, 2.05) is 0 Å². The average molecular weight is 300 g/mol. The van der Waals surface area contributed by atoms with Gasteiger partial charge in [0.05, 0.1) is 24.9 Å². The summed E-state index contributed by atoms with van der Waals surface area (Å²) in [7, 11) is 1.57. The van der Waals surface area contributed by atoms with Gasteiger partial charge < -0.3 is 10.1 Å². The van der Waals surface area contributed by atoms with E-state index in [2.05, 4.69) is 5.32 Å². The quantitative estimate of drug-likeness (QED) is 0.881. The number of ether oxygens (including phenoxy) is 1. The van der Waals surface area contributed by atoms with Gasteiger partial charge in [-0.15, -0.1) is 0 Å². The van der Waals surface area contributed by atoms with Gasteiger partial charge in [0.25, 0.3) is 11.8 Å². The monoisotopic (exact) mass is 300 g/mol. The number of benzene rings is 2.